The zero-order chi connectivity index (χ0) is 23.0. The van der Waals surface area contributed by atoms with Crippen molar-refractivity contribution in [3.8, 4) is 5.75 Å². The molecule has 3 rings (SSSR count). The third-order valence-electron chi connectivity index (χ3n) is 4.99. The van der Waals surface area contributed by atoms with Crippen LogP contribution in [0.1, 0.15) is 43.0 Å². The van der Waals surface area contributed by atoms with Gasteiger partial charge in [0.05, 0.1) is 17.1 Å². The monoisotopic (exact) mass is 460 g/mol. The fourth-order valence-corrected chi connectivity index (χ4v) is 4.80. The number of anilines is 1. The maximum atomic E-state index is 12.7. The lowest BCUT2D eigenvalue weighted by atomic mass is 10.2. The van der Waals surface area contributed by atoms with Crippen molar-refractivity contribution in [1.82, 2.24) is 4.31 Å². The van der Waals surface area contributed by atoms with Gasteiger partial charge in [0, 0.05) is 18.8 Å². The number of nitrogens with zero attached hydrogens (tertiary/aromatic N) is 1. The van der Waals surface area contributed by atoms with Crippen LogP contribution in [0.4, 0.5) is 5.69 Å². The largest absolute Gasteiger partial charge is 0.494 e. The average molecular weight is 461 g/mol. The molecule has 32 heavy (non-hydrogen) atoms. The van der Waals surface area contributed by atoms with Crippen molar-refractivity contribution >= 4 is 27.6 Å². The summed E-state index contributed by atoms with van der Waals surface area (Å²) in [5.74, 6) is -0.482. The molecule has 0 radical (unpaired) electrons. The van der Waals surface area contributed by atoms with E-state index < -0.39 is 28.5 Å². The molecule has 9 heteroatoms. The molecule has 2 aromatic carbocycles. The van der Waals surface area contributed by atoms with Gasteiger partial charge >= 0.3 is 5.97 Å². The second-order valence-electron chi connectivity index (χ2n) is 7.49. The maximum absolute atomic E-state index is 12.7. The van der Waals surface area contributed by atoms with Crippen molar-refractivity contribution in [3.05, 3.63) is 54.1 Å². The van der Waals surface area contributed by atoms with Gasteiger partial charge in [-0.1, -0.05) is 13.3 Å². The number of rotatable bonds is 9. The number of nitrogens with one attached hydrogen (secondary N) is 1. The number of hydrogen-bond donors (Lipinski definition) is 1. The van der Waals surface area contributed by atoms with Crippen molar-refractivity contribution in [3.63, 3.8) is 0 Å². The highest BCUT2D eigenvalue weighted by Gasteiger charge is 2.25. The molecule has 1 fully saturated rings. The molecule has 0 atom stereocenters. The Labute approximate surface area is 188 Å². The first-order valence-corrected chi connectivity index (χ1v) is 12.1. The number of sulfonamides is 1. The Hall–Kier alpha value is -2.91. The summed E-state index contributed by atoms with van der Waals surface area (Å²) in [6.07, 6.45) is 3.65. The second-order valence-corrected chi connectivity index (χ2v) is 9.42. The van der Waals surface area contributed by atoms with Gasteiger partial charge in [0.25, 0.3) is 5.91 Å². The summed E-state index contributed by atoms with van der Waals surface area (Å²) < 4.78 is 37.4. The molecular formula is C23H28N2O6S. The van der Waals surface area contributed by atoms with E-state index in [0.29, 0.717) is 36.7 Å². The third-order valence-corrected chi connectivity index (χ3v) is 6.90. The summed E-state index contributed by atoms with van der Waals surface area (Å²) in [4.78, 5) is 24.4. The molecule has 0 spiro atoms. The van der Waals surface area contributed by atoms with Gasteiger partial charge < -0.3 is 14.8 Å². The Kier molecular flexibility index (Phi) is 8.24. The first-order chi connectivity index (χ1) is 15.4. The molecule has 0 unspecified atom stereocenters. The number of piperidine rings is 1. The molecule has 1 heterocycles. The number of hydrogen-bond acceptors (Lipinski definition) is 6. The molecule has 2 aromatic rings. The third kappa shape index (κ3) is 6.30. The zero-order valence-electron chi connectivity index (χ0n) is 18.1. The van der Waals surface area contributed by atoms with Crippen LogP contribution >= 0.6 is 0 Å². The van der Waals surface area contributed by atoms with E-state index in [4.69, 9.17) is 9.47 Å². The summed E-state index contributed by atoms with van der Waals surface area (Å²) in [5, 5.41) is 2.59. The standard InChI is InChI=1S/C23H28N2O6S/c1-2-16-30-20-10-6-18(7-11-20)23(27)31-17-22(26)24-19-8-12-21(13-9-19)32(28,29)25-14-4-3-5-15-25/h6-13H,2-5,14-17H2,1H3,(H,24,26). The Morgan fingerprint density at radius 2 is 1.62 bits per heavy atom. The van der Waals surface area contributed by atoms with E-state index in [1.807, 2.05) is 6.92 Å². The van der Waals surface area contributed by atoms with Gasteiger partial charge in [-0.3, -0.25) is 4.79 Å². The molecule has 0 bridgehead atoms. The smallest absolute Gasteiger partial charge is 0.338 e. The lowest BCUT2D eigenvalue weighted by Crippen LogP contribution is -2.35. The average Bonchev–Trinajstić information content (AvgIpc) is 2.82. The molecule has 1 amide bonds. The minimum Gasteiger partial charge on any atom is -0.494 e. The Morgan fingerprint density at radius 1 is 0.969 bits per heavy atom. The van der Waals surface area contributed by atoms with Crippen LogP contribution < -0.4 is 10.1 Å². The van der Waals surface area contributed by atoms with Gasteiger partial charge in [0.15, 0.2) is 6.61 Å². The normalized spacial score (nSPS) is 14.5. The lowest BCUT2D eigenvalue weighted by Gasteiger charge is -2.25. The van der Waals surface area contributed by atoms with Crippen LogP contribution in [0.25, 0.3) is 0 Å². The van der Waals surface area contributed by atoms with E-state index in [-0.39, 0.29) is 4.90 Å². The van der Waals surface area contributed by atoms with Crippen molar-refractivity contribution in [2.24, 2.45) is 0 Å². The number of esters is 1. The predicted octanol–water partition coefficient (Wildman–Crippen LogP) is 3.45. The molecule has 8 nitrogen and oxygen atoms in total. The molecular weight excluding hydrogens is 432 g/mol. The van der Waals surface area contributed by atoms with Gasteiger partial charge in [0.1, 0.15) is 5.75 Å². The molecule has 0 aromatic heterocycles. The zero-order valence-corrected chi connectivity index (χ0v) is 18.9. The molecule has 1 saturated heterocycles. The second kappa shape index (κ2) is 11.1. The van der Waals surface area contributed by atoms with Gasteiger partial charge in [-0.15, -0.1) is 0 Å². The fraction of sp³-hybridized carbons (Fsp3) is 0.391. The maximum Gasteiger partial charge on any atom is 0.338 e. The topological polar surface area (TPSA) is 102 Å². The summed E-state index contributed by atoms with van der Waals surface area (Å²) in [5.41, 5.74) is 0.731. The molecule has 1 N–H and O–H groups in total. The SMILES string of the molecule is CCCOc1ccc(C(=O)OCC(=O)Nc2ccc(S(=O)(=O)N3CCCCC3)cc2)cc1. The van der Waals surface area contributed by atoms with Crippen LogP contribution in [0, 0.1) is 0 Å². The van der Waals surface area contributed by atoms with E-state index in [0.717, 1.165) is 25.7 Å². The summed E-state index contributed by atoms with van der Waals surface area (Å²) in [7, 11) is -3.53. The van der Waals surface area contributed by atoms with E-state index in [1.165, 1.54) is 28.6 Å². The van der Waals surface area contributed by atoms with Crippen molar-refractivity contribution < 1.29 is 27.5 Å². The highest BCUT2D eigenvalue weighted by atomic mass is 32.2. The highest BCUT2D eigenvalue weighted by Crippen LogP contribution is 2.22. The summed E-state index contributed by atoms with van der Waals surface area (Å²) >= 11 is 0. The van der Waals surface area contributed by atoms with Crippen LogP contribution in [0.15, 0.2) is 53.4 Å². The van der Waals surface area contributed by atoms with Crippen LogP contribution in [-0.4, -0.2) is 50.9 Å². The Balaban J connectivity index is 1.50. The minimum atomic E-state index is -3.53. The number of ether oxygens (including phenoxy) is 2. The minimum absolute atomic E-state index is 0.190. The van der Waals surface area contributed by atoms with Crippen LogP contribution in [-0.2, 0) is 19.6 Å². The predicted molar refractivity (Wildman–Crippen MR) is 120 cm³/mol. The van der Waals surface area contributed by atoms with E-state index in [2.05, 4.69) is 5.32 Å². The molecule has 1 aliphatic rings. The van der Waals surface area contributed by atoms with E-state index in [1.54, 1.807) is 24.3 Å². The van der Waals surface area contributed by atoms with E-state index in [9.17, 15) is 18.0 Å². The quantitative estimate of drug-likeness (QED) is 0.575. The van der Waals surface area contributed by atoms with Crippen LogP contribution in [0.3, 0.4) is 0 Å². The van der Waals surface area contributed by atoms with Gasteiger partial charge in [-0.2, -0.15) is 4.31 Å². The number of benzene rings is 2. The Morgan fingerprint density at radius 3 is 2.25 bits per heavy atom. The van der Waals surface area contributed by atoms with Crippen LogP contribution in [0.2, 0.25) is 0 Å². The van der Waals surface area contributed by atoms with Crippen molar-refractivity contribution in [1.29, 1.82) is 0 Å². The number of amides is 1. The summed E-state index contributed by atoms with van der Waals surface area (Å²) in [6, 6.07) is 12.5. The van der Waals surface area contributed by atoms with Crippen molar-refractivity contribution in [2.75, 3.05) is 31.6 Å². The van der Waals surface area contributed by atoms with Crippen molar-refractivity contribution in [2.45, 2.75) is 37.5 Å². The van der Waals surface area contributed by atoms with Gasteiger partial charge in [-0.25, -0.2) is 13.2 Å². The first-order valence-electron chi connectivity index (χ1n) is 10.7. The van der Waals surface area contributed by atoms with Gasteiger partial charge in [-0.05, 0) is 67.8 Å². The first kappa shape index (κ1) is 23.7. The molecule has 0 aliphatic carbocycles. The Bertz CT molecular complexity index is 1010. The molecule has 172 valence electrons. The van der Waals surface area contributed by atoms with Crippen LogP contribution in [0.5, 0.6) is 5.75 Å². The highest BCUT2D eigenvalue weighted by molar-refractivity contribution is 7.89. The number of carbonyl (C=O) groups excluding carboxylic acids is 2. The molecule has 0 saturated carbocycles. The number of carbonyl (C=O) groups is 2. The van der Waals surface area contributed by atoms with E-state index >= 15 is 0 Å². The molecule has 1 aliphatic heterocycles. The lowest BCUT2D eigenvalue weighted by molar-refractivity contribution is -0.119. The summed E-state index contributed by atoms with van der Waals surface area (Å²) in [6.45, 7) is 3.19. The fourth-order valence-electron chi connectivity index (χ4n) is 3.28. The van der Waals surface area contributed by atoms with Gasteiger partial charge in [0.2, 0.25) is 10.0 Å².